The highest BCUT2D eigenvalue weighted by Crippen LogP contribution is 2.32. The first-order valence-electron chi connectivity index (χ1n) is 8.58. The van der Waals surface area contributed by atoms with Crippen molar-refractivity contribution >= 4 is 57.1 Å². The molecule has 6 heteroatoms. The Balaban J connectivity index is 1.82. The van der Waals surface area contributed by atoms with Crippen LogP contribution < -0.4 is 4.90 Å². The number of rotatable bonds is 3. The molecule has 1 aromatic heterocycles. The van der Waals surface area contributed by atoms with Crippen molar-refractivity contribution < 1.29 is 14.7 Å². The first-order valence-corrected chi connectivity index (χ1v) is 9.66. The van der Waals surface area contributed by atoms with E-state index >= 15 is 0 Å². The number of H-pyrrole nitrogens is 1. The summed E-state index contributed by atoms with van der Waals surface area (Å²) in [4.78, 5) is 29.4. The summed E-state index contributed by atoms with van der Waals surface area (Å²) in [5, 5.41) is 10.5. The predicted octanol–water partition coefficient (Wildman–Crippen LogP) is 4.60. The quantitative estimate of drug-likeness (QED) is 0.433. The number of carbonyl (C=O) groups excluding carboxylic acids is 1. The molecule has 1 aliphatic heterocycles. The van der Waals surface area contributed by atoms with Gasteiger partial charge < -0.3 is 15.0 Å². The van der Waals surface area contributed by atoms with Crippen LogP contribution >= 0.6 is 22.6 Å². The van der Waals surface area contributed by atoms with Gasteiger partial charge >= 0.3 is 5.97 Å². The fourth-order valence-corrected chi connectivity index (χ4v) is 4.39. The van der Waals surface area contributed by atoms with Crippen molar-refractivity contribution in [1.82, 2.24) is 4.98 Å². The maximum absolute atomic E-state index is 12.9. The zero-order valence-corrected chi connectivity index (χ0v) is 16.8. The third kappa shape index (κ3) is 3.14. The summed E-state index contributed by atoms with van der Waals surface area (Å²) in [5.41, 5.74) is 3.93. The third-order valence-corrected chi connectivity index (χ3v) is 5.45. The number of benzene rings is 2. The Kier molecular flexibility index (Phi) is 4.51. The van der Waals surface area contributed by atoms with E-state index in [0.29, 0.717) is 24.1 Å². The Morgan fingerprint density at radius 3 is 2.70 bits per heavy atom. The number of para-hydroxylation sites is 1. The van der Waals surface area contributed by atoms with Crippen LogP contribution in [0.25, 0.3) is 17.0 Å². The molecule has 3 aromatic rings. The lowest BCUT2D eigenvalue weighted by atomic mass is 10.0. The number of anilines is 1. The number of hydrogen-bond donors (Lipinski definition) is 2. The topological polar surface area (TPSA) is 73.4 Å². The van der Waals surface area contributed by atoms with Crippen molar-refractivity contribution in [3.05, 3.63) is 68.4 Å². The number of aryl methyl sites for hydroxylation is 1. The van der Waals surface area contributed by atoms with E-state index in [0.717, 1.165) is 25.7 Å². The molecule has 27 heavy (non-hydrogen) atoms. The van der Waals surface area contributed by atoms with Crippen LogP contribution in [0.15, 0.2) is 48.0 Å². The number of aromatic amines is 1. The summed E-state index contributed by atoms with van der Waals surface area (Å²) in [7, 11) is 0. The molecule has 1 amide bonds. The molecule has 4 rings (SSSR count). The SMILES string of the molecule is Cc1cc(I)cc2[nH]c(C(=O)O)c(/C=C3\CCN(c4ccccc4)C3=O)c12. The summed E-state index contributed by atoms with van der Waals surface area (Å²) in [6.07, 6.45) is 2.33. The van der Waals surface area contributed by atoms with Gasteiger partial charge in [-0.3, -0.25) is 4.79 Å². The maximum atomic E-state index is 12.9. The molecule has 1 fully saturated rings. The van der Waals surface area contributed by atoms with E-state index in [-0.39, 0.29) is 11.6 Å². The Morgan fingerprint density at radius 2 is 2.00 bits per heavy atom. The highest BCUT2D eigenvalue weighted by Gasteiger charge is 2.28. The molecule has 2 heterocycles. The normalized spacial score (nSPS) is 15.9. The number of halogens is 1. The lowest BCUT2D eigenvalue weighted by molar-refractivity contribution is -0.114. The minimum Gasteiger partial charge on any atom is -0.477 e. The van der Waals surface area contributed by atoms with Crippen molar-refractivity contribution in [2.45, 2.75) is 13.3 Å². The van der Waals surface area contributed by atoms with Gasteiger partial charge in [0.2, 0.25) is 0 Å². The highest BCUT2D eigenvalue weighted by molar-refractivity contribution is 14.1. The number of fused-ring (bicyclic) bond motifs is 1. The third-order valence-electron chi connectivity index (χ3n) is 4.82. The van der Waals surface area contributed by atoms with Crippen LogP contribution in [0.5, 0.6) is 0 Å². The van der Waals surface area contributed by atoms with Gasteiger partial charge in [-0.15, -0.1) is 0 Å². The van der Waals surface area contributed by atoms with E-state index in [1.54, 1.807) is 11.0 Å². The monoisotopic (exact) mass is 472 g/mol. The number of carbonyl (C=O) groups is 2. The number of amides is 1. The van der Waals surface area contributed by atoms with Gasteiger partial charge in [-0.05, 0) is 71.8 Å². The number of hydrogen-bond acceptors (Lipinski definition) is 2. The molecule has 136 valence electrons. The van der Waals surface area contributed by atoms with Crippen molar-refractivity contribution in [3.8, 4) is 0 Å². The molecule has 2 aromatic carbocycles. The van der Waals surface area contributed by atoms with E-state index in [2.05, 4.69) is 27.6 Å². The van der Waals surface area contributed by atoms with Gasteiger partial charge in [0.1, 0.15) is 5.69 Å². The number of carboxylic acids is 1. The van der Waals surface area contributed by atoms with Crippen LogP contribution in [-0.2, 0) is 4.79 Å². The standard InChI is InChI=1S/C21H17IN2O3/c1-12-9-14(22)11-17-18(12)16(19(23-17)21(26)27)10-13-7-8-24(20(13)25)15-5-3-2-4-6-15/h2-6,9-11,23H,7-8H2,1H3,(H,26,27)/b13-10+. The van der Waals surface area contributed by atoms with Gasteiger partial charge in [-0.1, -0.05) is 18.2 Å². The fourth-order valence-electron chi connectivity index (χ4n) is 3.62. The van der Waals surface area contributed by atoms with E-state index in [1.807, 2.05) is 49.4 Å². The molecule has 1 aliphatic rings. The molecule has 2 N–H and O–H groups in total. The second-order valence-corrected chi connectivity index (χ2v) is 7.82. The van der Waals surface area contributed by atoms with Crippen molar-refractivity contribution in [3.63, 3.8) is 0 Å². The van der Waals surface area contributed by atoms with E-state index < -0.39 is 5.97 Å². The summed E-state index contributed by atoms with van der Waals surface area (Å²) in [6, 6.07) is 13.5. The van der Waals surface area contributed by atoms with E-state index in [4.69, 9.17) is 0 Å². The maximum Gasteiger partial charge on any atom is 0.352 e. The Bertz CT molecular complexity index is 1100. The van der Waals surface area contributed by atoms with Gasteiger partial charge in [-0.2, -0.15) is 0 Å². The molecular formula is C21H17IN2O3. The minimum atomic E-state index is -1.03. The van der Waals surface area contributed by atoms with Crippen molar-refractivity contribution in [2.24, 2.45) is 0 Å². The minimum absolute atomic E-state index is 0.0740. The van der Waals surface area contributed by atoms with E-state index in [9.17, 15) is 14.7 Å². The average molecular weight is 472 g/mol. The second kappa shape index (κ2) is 6.84. The average Bonchev–Trinajstić information content (AvgIpc) is 3.17. The molecule has 0 saturated carbocycles. The van der Waals surface area contributed by atoms with Crippen LogP contribution in [0.4, 0.5) is 5.69 Å². The van der Waals surface area contributed by atoms with Crippen molar-refractivity contribution in [2.75, 3.05) is 11.4 Å². The van der Waals surface area contributed by atoms with Gasteiger partial charge in [0, 0.05) is 37.8 Å². The lowest BCUT2D eigenvalue weighted by Crippen LogP contribution is -2.24. The largest absolute Gasteiger partial charge is 0.477 e. The smallest absolute Gasteiger partial charge is 0.352 e. The molecule has 0 radical (unpaired) electrons. The molecule has 1 saturated heterocycles. The summed E-state index contributed by atoms with van der Waals surface area (Å²) < 4.78 is 1.03. The predicted molar refractivity (Wildman–Crippen MR) is 114 cm³/mol. The first kappa shape index (κ1) is 17.8. The zero-order valence-electron chi connectivity index (χ0n) is 14.6. The number of nitrogens with zero attached hydrogens (tertiary/aromatic N) is 1. The Hall–Kier alpha value is -2.61. The van der Waals surface area contributed by atoms with Gasteiger partial charge in [0.15, 0.2) is 0 Å². The van der Waals surface area contributed by atoms with Crippen molar-refractivity contribution in [1.29, 1.82) is 0 Å². The lowest BCUT2D eigenvalue weighted by Gasteiger charge is -2.14. The van der Waals surface area contributed by atoms with Gasteiger partial charge in [0.05, 0.1) is 0 Å². The van der Waals surface area contributed by atoms with Crippen LogP contribution in [0.2, 0.25) is 0 Å². The fraction of sp³-hybridized carbons (Fsp3) is 0.143. The first-order chi connectivity index (χ1) is 13.0. The number of aromatic carboxylic acids is 1. The molecule has 0 atom stereocenters. The second-order valence-electron chi connectivity index (χ2n) is 6.58. The molecule has 0 unspecified atom stereocenters. The highest BCUT2D eigenvalue weighted by atomic mass is 127. The van der Waals surface area contributed by atoms with Crippen LogP contribution in [0, 0.1) is 10.5 Å². The Morgan fingerprint density at radius 1 is 1.26 bits per heavy atom. The molecule has 0 spiro atoms. The molecular weight excluding hydrogens is 455 g/mol. The van der Waals surface area contributed by atoms with E-state index in [1.165, 1.54) is 0 Å². The molecule has 5 nitrogen and oxygen atoms in total. The number of nitrogens with one attached hydrogen (secondary N) is 1. The van der Waals surface area contributed by atoms with Crippen LogP contribution in [0.1, 0.15) is 28.0 Å². The number of aromatic nitrogens is 1. The summed E-state index contributed by atoms with van der Waals surface area (Å²) >= 11 is 2.21. The molecule has 0 bridgehead atoms. The zero-order chi connectivity index (χ0) is 19.1. The summed E-state index contributed by atoms with van der Waals surface area (Å²) in [5.74, 6) is -1.10. The van der Waals surface area contributed by atoms with Gasteiger partial charge in [0.25, 0.3) is 5.91 Å². The Labute approximate surface area is 169 Å². The number of carboxylic acid groups (broad SMARTS) is 1. The molecule has 0 aliphatic carbocycles. The van der Waals surface area contributed by atoms with Crippen LogP contribution in [0.3, 0.4) is 0 Å². The summed E-state index contributed by atoms with van der Waals surface area (Å²) in [6.45, 7) is 2.55. The van der Waals surface area contributed by atoms with Crippen LogP contribution in [-0.4, -0.2) is 28.5 Å². The van der Waals surface area contributed by atoms with Gasteiger partial charge in [-0.25, -0.2) is 4.79 Å².